The lowest BCUT2D eigenvalue weighted by Gasteiger charge is -2.13. The molecule has 1 rings (SSSR count). The van der Waals surface area contributed by atoms with Crippen molar-refractivity contribution in [2.45, 2.75) is 39.5 Å². The van der Waals surface area contributed by atoms with Crippen LogP contribution >= 0.6 is 0 Å². The summed E-state index contributed by atoms with van der Waals surface area (Å²) in [6.07, 6.45) is 4.96. The van der Waals surface area contributed by atoms with E-state index >= 15 is 0 Å². The van der Waals surface area contributed by atoms with Crippen LogP contribution in [0.1, 0.15) is 39.5 Å². The fourth-order valence-corrected chi connectivity index (χ4v) is 1.61. The van der Waals surface area contributed by atoms with Gasteiger partial charge in [0.1, 0.15) is 0 Å². The zero-order valence-electron chi connectivity index (χ0n) is 10.0. The average Bonchev–Trinajstić information content (AvgIpc) is 3.03. The Bertz CT molecular complexity index is 186. The third kappa shape index (κ3) is 5.78. The number of hydrogen-bond acceptors (Lipinski definition) is 2. The molecule has 0 atom stereocenters. The van der Waals surface area contributed by atoms with E-state index in [1.165, 1.54) is 12.8 Å². The summed E-state index contributed by atoms with van der Waals surface area (Å²) in [6.45, 7) is 6.67. The van der Waals surface area contributed by atoms with Gasteiger partial charge in [-0.1, -0.05) is 26.7 Å². The number of nitrogens with one attached hydrogen (secondary N) is 2. The fourth-order valence-electron chi connectivity index (χ4n) is 1.61. The van der Waals surface area contributed by atoms with Crippen molar-refractivity contribution in [3.63, 3.8) is 0 Å². The molecule has 0 aliphatic heterocycles. The molecule has 1 amide bonds. The molecule has 88 valence electrons. The Kier molecular flexibility index (Phi) is 5.69. The zero-order chi connectivity index (χ0) is 11.1. The van der Waals surface area contributed by atoms with Gasteiger partial charge in [0.25, 0.3) is 0 Å². The first-order chi connectivity index (χ1) is 7.26. The molecule has 0 aromatic heterocycles. The zero-order valence-corrected chi connectivity index (χ0v) is 10.0. The third-order valence-corrected chi connectivity index (χ3v) is 3.16. The Labute approximate surface area is 93.0 Å². The van der Waals surface area contributed by atoms with Gasteiger partial charge in [0, 0.05) is 6.54 Å². The van der Waals surface area contributed by atoms with Gasteiger partial charge in [-0.15, -0.1) is 0 Å². The summed E-state index contributed by atoms with van der Waals surface area (Å²) < 4.78 is 0. The first-order valence-electron chi connectivity index (χ1n) is 6.23. The molecule has 1 aliphatic carbocycles. The van der Waals surface area contributed by atoms with Crippen molar-refractivity contribution in [1.29, 1.82) is 0 Å². The molecule has 1 fully saturated rings. The molecule has 2 N–H and O–H groups in total. The minimum atomic E-state index is 0.141. The van der Waals surface area contributed by atoms with Crippen LogP contribution in [0.15, 0.2) is 0 Å². The monoisotopic (exact) mass is 212 g/mol. The molecular weight excluding hydrogens is 188 g/mol. The first-order valence-corrected chi connectivity index (χ1v) is 6.23. The Hall–Kier alpha value is -0.570. The van der Waals surface area contributed by atoms with E-state index in [-0.39, 0.29) is 5.91 Å². The van der Waals surface area contributed by atoms with Crippen LogP contribution in [0.25, 0.3) is 0 Å². The summed E-state index contributed by atoms with van der Waals surface area (Å²) in [5.74, 6) is 1.62. The lowest BCUT2D eigenvalue weighted by atomic mass is 10.0. The SMILES string of the molecule is CCC(CC)CNC(=O)CNCC1CC1. The van der Waals surface area contributed by atoms with Crippen LogP contribution in [0, 0.1) is 11.8 Å². The van der Waals surface area contributed by atoms with E-state index in [1.54, 1.807) is 0 Å². The molecule has 1 aliphatic rings. The Morgan fingerprint density at radius 2 is 2.00 bits per heavy atom. The molecule has 0 bridgehead atoms. The van der Waals surface area contributed by atoms with E-state index in [9.17, 15) is 4.79 Å². The molecule has 0 spiro atoms. The highest BCUT2D eigenvalue weighted by molar-refractivity contribution is 5.77. The van der Waals surface area contributed by atoms with Crippen molar-refractivity contribution in [3.8, 4) is 0 Å². The van der Waals surface area contributed by atoms with Crippen LogP contribution in [-0.2, 0) is 4.79 Å². The predicted molar refractivity (Wildman–Crippen MR) is 62.7 cm³/mol. The van der Waals surface area contributed by atoms with Crippen LogP contribution in [0.3, 0.4) is 0 Å². The van der Waals surface area contributed by atoms with Crippen LogP contribution in [0.2, 0.25) is 0 Å². The number of carbonyl (C=O) groups excluding carboxylic acids is 1. The van der Waals surface area contributed by atoms with Gasteiger partial charge in [0.15, 0.2) is 0 Å². The average molecular weight is 212 g/mol. The smallest absolute Gasteiger partial charge is 0.233 e. The molecule has 15 heavy (non-hydrogen) atoms. The minimum absolute atomic E-state index is 0.141. The summed E-state index contributed by atoms with van der Waals surface area (Å²) in [5, 5.41) is 6.17. The number of amides is 1. The molecule has 0 radical (unpaired) electrons. The van der Waals surface area contributed by atoms with Crippen LogP contribution in [0.4, 0.5) is 0 Å². The minimum Gasteiger partial charge on any atom is -0.355 e. The standard InChI is InChI=1S/C12H24N2O/c1-3-10(4-2)8-14-12(15)9-13-7-11-5-6-11/h10-11,13H,3-9H2,1-2H3,(H,14,15). The van der Waals surface area contributed by atoms with E-state index in [1.807, 2.05) is 0 Å². The maximum Gasteiger partial charge on any atom is 0.233 e. The second-order valence-electron chi connectivity index (χ2n) is 4.56. The van der Waals surface area contributed by atoms with E-state index in [2.05, 4.69) is 24.5 Å². The second-order valence-corrected chi connectivity index (χ2v) is 4.56. The molecule has 3 heteroatoms. The third-order valence-electron chi connectivity index (χ3n) is 3.16. The predicted octanol–water partition coefficient (Wildman–Crippen LogP) is 1.54. The van der Waals surface area contributed by atoms with E-state index in [0.717, 1.165) is 31.8 Å². The first kappa shape index (κ1) is 12.5. The lowest BCUT2D eigenvalue weighted by Crippen LogP contribution is -2.37. The van der Waals surface area contributed by atoms with Crippen molar-refractivity contribution in [1.82, 2.24) is 10.6 Å². The van der Waals surface area contributed by atoms with E-state index in [0.29, 0.717) is 12.5 Å². The Morgan fingerprint density at radius 1 is 1.33 bits per heavy atom. The highest BCUT2D eigenvalue weighted by Gasteiger charge is 2.20. The molecule has 0 aromatic rings. The van der Waals surface area contributed by atoms with Crippen molar-refractivity contribution >= 4 is 5.91 Å². The van der Waals surface area contributed by atoms with Gasteiger partial charge in [0.2, 0.25) is 5.91 Å². The summed E-state index contributed by atoms with van der Waals surface area (Å²) in [4.78, 5) is 11.4. The number of rotatable bonds is 8. The second kappa shape index (κ2) is 6.83. The van der Waals surface area contributed by atoms with Crippen LogP contribution < -0.4 is 10.6 Å². The molecule has 0 aromatic carbocycles. The van der Waals surface area contributed by atoms with Crippen molar-refractivity contribution in [3.05, 3.63) is 0 Å². The van der Waals surface area contributed by atoms with E-state index < -0.39 is 0 Å². The molecule has 3 nitrogen and oxygen atoms in total. The maximum absolute atomic E-state index is 11.4. The maximum atomic E-state index is 11.4. The van der Waals surface area contributed by atoms with E-state index in [4.69, 9.17) is 0 Å². The normalized spacial score (nSPS) is 15.7. The quantitative estimate of drug-likeness (QED) is 0.641. The van der Waals surface area contributed by atoms with Gasteiger partial charge >= 0.3 is 0 Å². The van der Waals surface area contributed by atoms with Gasteiger partial charge in [-0.3, -0.25) is 4.79 Å². The van der Waals surface area contributed by atoms with Crippen molar-refractivity contribution in [2.24, 2.45) is 11.8 Å². The summed E-state index contributed by atoms with van der Waals surface area (Å²) in [6, 6.07) is 0. The highest BCUT2D eigenvalue weighted by Crippen LogP contribution is 2.27. The van der Waals surface area contributed by atoms with Crippen molar-refractivity contribution < 1.29 is 4.79 Å². The molecule has 0 heterocycles. The topological polar surface area (TPSA) is 41.1 Å². The van der Waals surface area contributed by atoms with Gasteiger partial charge in [-0.05, 0) is 31.2 Å². The van der Waals surface area contributed by atoms with Gasteiger partial charge < -0.3 is 10.6 Å². The Balaban J connectivity index is 1.96. The highest BCUT2D eigenvalue weighted by atomic mass is 16.1. The summed E-state index contributed by atoms with van der Waals surface area (Å²) in [7, 11) is 0. The number of hydrogen-bond donors (Lipinski definition) is 2. The number of carbonyl (C=O) groups is 1. The van der Waals surface area contributed by atoms with Crippen LogP contribution in [-0.4, -0.2) is 25.5 Å². The molecule has 0 saturated heterocycles. The van der Waals surface area contributed by atoms with Crippen molar-refractivity contribution in [2.75, 3.05) is 19.6 Å². The summed E-state index contributed by atoms with van der Waals surface area (Å²) >= 11 is 0. The molecule has 0 unspecified atom stereocenters. The fraction of sp³-hybridized carbons (Fsp3) is 0.917. The largest absolute Gasteiger partial charge is 0.355 e. The van der Waals surface area contributed by atoms with Crippen LogP contribution in [0.5, 0.6) is 0 Å². The lowest BCUT2D eigenvalue weighted by molar-refractivity contribution is -0.120. The van der Waals surface area contributed by atoms with Gasteiger partial charge in [0.05, 0.1) is 6.54 Å². The molecular formula is C12H24N2O. The van der Waals surface area contributed by atoms with Gasteiger partial charge in [-0.25, -0.2) is 0 Å². The summed E-state index contributed by atoms with van der Waals surface area (Å²) in [5.41, 5.74) is 0. The van der Waals surface area contributed by atoms with Gasteiger partial charge in [-0.2, -0.15) is 0 Å². The Morgan fingerprint density at radius 3 is 2.53 bits per heavy atom. The molecule has 1 saturated carbocycles.